The minimum Gasteiger partial charge on any atom is -0.322 e. The van der Waals surface area contributed by atoms with Gasteiger partial charge in [-0.1, -0.05) is 92.2 Å². The highest BCUT2D eigenvalue weighted by Crippen LogP contribution is 2.39. The molecule has 138 valence electrons. The maximum Gasteiger partial charge on any atom is 0.0380 e. The van der Waals surface area contributed by atoms with Gasteiger partial charge in [0.2, 0.25) is 0 Å². The van der Waals surface area contributed by atoms with Crippen molar-refractivity contribution in [2.24, 2.45) is 5.73 Å². The van der Waals surface area contributed by atoms with Gasteiger partial charge in [-0.15, -0.1) is 0 Å². The first-order chi connectivity index (χ1) is 13.6. The molecule has 0 bridgehead atoms. The summed E-state index contributed by atoms with van der Waals surface area (Å²) in [6.45, 7) is 4.31. The van der Waals surface area contributed by atoms with Gasteiger partial charge >= 0.3 is 0 Å². The second-order valence-electron chi connectivity index (χ2n) is 8.21. The van der Waals surface area contributed by atoms with E-state index >= 15 is 0 Å². The number of nitrogens with two attached hydrogens (primary N) is 1. The molecule has 2 N–H and O–H groups in total. The van der Waals surface area contributed by atoms with E-state index in [0.717, 1.165) is 12.8 Å². The van der Waals surface area contributed by atoms with Crippen LogP contribution in [0.1, 0.15) is 32.3 Å². The second kappa shape index (κ2) is 6.32. The molecular formula is C27H25N. The van der Waals surface area contributed by atoms with Gasteiger partial charge in [0.15, 0.2) is 0 Å². The molecule has 0 amide bonds. The molecule has 28 heavy (non-hydrogen) atoms. The Morgan fingerprint density at radius 2 is 1.32 bits per heavy atom. The van der Waals surface area contributed by atoms with E-state index in [-0.39, 0.29) is 5.54 Å². The van der Waals surface area contributed by atoms with Crippen molar-refractivity contribution in [2.45, 2.75) is 32.2 Å². The Bertz CT molecular complexity index is 1260. The van der Waals surface area contributed by atoms with Gasteiger partial charge in [0, 0.05) is 5.54 Å². The molecule has 0 spiro atoms. The molecule has 0 radical (unpaired) electrons. The van der Waals surface area contributed by atoms with E-state index in [4.69, 9.17) is 5.73 Å². The average molecular weight is 364 g/mol. The molecule has 0 heterocycles. The van der Waals surface area contributed by atoms with E-state index in [1.807, 2.05) is 0 Å². The minimum atomic E-state index is -0.268. The first-order valence-electron chi connectivity index (χ1n) is 10.1. The summed E-state index contributed by atoms with van der Waals surface area (Å²) in [6, 6.07) is 28.9. The summed E-state index contributed by atoms with van der Waals surface area (Å²) in [5.74, 6) is 0. The third kappa shape index (κ3) is 2.58. The maximum atomic E-state index is 6.53. The zero-order valence-corrected chi connectivity index (χ0v) is 16.5. The average Bonchev–Trinajstić information content (AvgIpc) is 2.72. The molecule has 5 rings (SSSR count). The van der Waals surface area contributed by atoms with Gasteiger partial charge in [0.1, 0.15) is 0 Å². The Labute approximate surface area is 166 Å². The van der Waals surface area contributed by atoms with Gasteiger partial charge in [0.05, 0.1) is 0 Å². The summed E-state index contributed by atoms with van der Waals surface area (Å²) >= 11 is 0. The van der Waals surface area contributed by atoms with Crippen LogP contribution in [0.25, 0.3) is 43.4 Å². The zero-order chi connectivity index (χ0) is 19.3. The van der Waals surface area contributed by atoms with Gasteiger partial charge in [-0.05, 0) is 62.4 Å². The molecule has 0 aromatic heterocycles. The molecule has 1 unspecified atom stereocenters. The lowest BCUT2D eigenvalue weighted by Gasteiger charge is -2.25. The van der Waals surface area contributed by atoms with Crippen LogP contribution in [-0.4, -0.2) is 0 Å². The lowest BCUT2D eigenvalue weighted by Crippen LogP contribution is -2.32. The van der Waals surface area contributed by atoms with Crippen molar-refractivity contribution in [3.05, 3.63) is 84.4 Å². The largest absolute Gasteiger partial charge is 0.322 e. The van der Waals surface area contributed by atoms with Crippen molar-refractivity contribution < 1.29 is 0 Å². The molecule has 5 aromatic carbocycles. The molecule has 0 aliphatic carbocycles. The van der Waals surface area contributed by atoms with Crippen LogP contribution in [0.3, 0.4) is 0 Å². The SMILES string of the molecule is CCCC(C)(N)c1ccc(-c2ccc3ccc4cccc5ccc2c3c45)cc1. The Morgan fingerprint density at radius 3 is 2.00 bits per heavy atom. The van der Waals surface area contributed by atoms with Crippen LogP contribution in [0, 0.1) is 0 Å². The van der Waals surface area contributed by atoms with E-state index in [0.29, 0.717) is 0 Å². The van der Waals surface area contributed by atoms with Crippen molar-refractivity contribution in [3.63, 3.8) is 0 Å². The molecule has 1 heteroatoms. The second-order valence-corrected chi connectivity index (χ2v) is 8.21. The highest BCUT2D eigenvalue weighted by atomic mass is 14.7. The van der Waals surface area contributed by atoms with Gasteiger partial charge < -0.3 is 5.73 Å². The highest BCUT2D eigenvalue weighted by molar-refractivity contribution is 6.25. The molecule has 0 aliphatic heterocycles. The maximum absolute atomic E-state index is 6.53. The fraction of sp³-hybridized carbons (Fsp3) is 0.185. The van der Waals surface area contributed by atoms with Crippen molar-refractivity contribution in [2.75, 3.05) is 0 Å². The van der Waals surface area contributed by atoms with Crippen LogP contribution < -0.4 is 5.73 Å². The van der Waals surface area contributed by atoms with Crippen LogP contribution >= 0.6 is 0 Å². The lowest BCUT2D eigenvalue weighted by atomic mass is 9.86. The van der Waals surface area contributed by atoms with Crippen molar-refractivity contribution in [1.82, 2.24) is 0 Å². The number of hydrogen-bond acceptors (Lipinski definition) is 1. The predicted octanol–water partition coefficient (Wildman–Crippen LogP) is 7.23. The summed E-state index contributed by atoms with van der Waals surface area (Å²) in [5.41, 5.74) is 9.99. The smallest absolute Gasteiger partial charge is 0.0380 e. The van der Waals surface area contributed by atoms with Crippen molar-refractivity contribution >= 4 is 32.3 Å². The zero-order valence-electron chi connectivity index (χ0n) is 16.5. The molecule has 0 saturated carbocycles. The molecule has 0 aliphatic rings. The highest BCUT2D eigenvalue weighted by Gasteiger charge is 2.20. The Balaban J connectivity index is 1.71. The molecule has 1 nitrogen and oxygen atoms in total. The Hall–Kier alpha value is -2.90. The lowest BCUT2D eigenvalue weighted by molar-refractivity contribution is 0.447. The summed E-state index contributed by atoms with van der Waals surface area (Å²) in [5, 5.41) is 7.97. The predicted molar refractivity (Wildman–Crippen MR) is 122 cm³/mol. The standard InChI is InChI=1S/C27H25N/c1-3-17-27(2,28)22-13-9-18(10-14-22)23-15-11-21-8-7-19-5-4-6-20-12-16-24(23)26(21)25(19)20/h4-16H,3,17,28H2,1-2H3. The van der Waals surface area contributed by atoms with Gasteiger partial charge in [-0.25, -0.2) is 0 Å². The van der Waals surface area contributed by atoms with Crippen LogP contribution in [0.5, 0.6) is 0 Å². The molecule has 0 fully saturated rings. The van der Waals surface area contributed by atoms with E-state index < -0.39 is 0 Å². The molecular weight excluding hydrogens is 338 g/mol. The van der Waals surface area contributed by atoms with Crippen molar-refractivity contribution in [1.29, 1.82) is 0 Å². The van der Waals surface area contributed by atoms with E-state index in [9.17, 15) is 0 Å². The molecule has 0 saturated heterocycles. The quantitative estimate of drug-likeness (QED) is 0.335. The van der Waals surface area contributed by atoms with E-state index in [1.165, 1.54) is 49.0 Å². The molecule has 5 aromatic rings. The summed E-state index contributed by atoms with van der Waals surface area (Å²) in [4.78, 5) is 0. The number of benzene rings is 5. The Kier molecular flexibility index (Phi) is 3.89. The third-order valence-corrected chi connectivity index (χ3v) is 6.15. The fourth-order valence-corrected chi connectivity index (χ4v) is 4.68. The number of hydrogen-bond donors (Lipinski definition) is 1. The van der Waals surface area contributed by atoms with Gasteiger partial charge in [0.25, 0.3) is 0 Å². The van der Waals surface area contributed by atoms with E-state index in [1.54, 1.807) is 0 Å². The van der Waals surface area contributed by atoms with Gasteiger partial charge in [-0.3, -0.25) is 0 Å². The first-order valence-corrected chi connectivity index (χ1v) is 10.1. The monoisotopic (exact) mass is 363 g/mol. The minimum absolute atomic E-state index is 0.268. The first kappa shape index (κ1) is 17.2. The van der Waals surface area contributed by atoms with Crippen LogP contribution in [0.4, 0.5) is 0 Å². The Morgan fingerprint density at radius 1 is 0.714 bits per heavy atom. The van der Waals surface area contributed by atoms with Crippen molar-refractivity contribution in [3.8, 4) is 11.1 Å². The van der Waals surface area contributed by atoms with Crippen LogP contribution in [-0.2, 0) is 5.54 Å². The normalized spacial score (nSPS) is 14.1. The van der Waals surface area contributed by atoms with Crippen LogP contribution in [0.2, 0.25) is 0 Å². The topological polar surface area (TPSA) is 26.0 Å². The van der Waals surface area contributed by atoms with Crippen LogP contribution in [0.15, 0.2) is 78.9 Å². The number of rotatable bonds is 4. The fourth-order valence-electron chi connectivity index (χ4n) is 4.68. The summed E-state index contributed by atoms with van der Waals surface area (Å²) in [6.07, 6.45) is 2.08. The van der Waals surface area contributed by atoms with Gasteiger partial charge in [-0.2, -0.15) is 0 Å². The summed E-state index contributed by atoms with van der Waals surface area (Å²) in [7, 11) is 0. The van der Waals surface area contributed by atoms with E-state index in [2.05, 4.69) is 92.7 Å². The molecule has 1 atom stereocenters. The summed E-state index contributed by atoms with van der Waals surface area (Å²) < 4.78 is 0. The third-order valence-electron chi connectivity index (χ3n) is 6.15.